The molecule has 0 aliphatic carbocycles. The van der Waals surface area contributed by atoms with E-state index < -0.39 is 0 Å². The maximum Gasteiger partial charge on any atom is 0.0963 e. The highest BCUT2D eigenvalue weighted by atomic mass is 15.1. The third-order valence-electron chi connectivity index (χ3n) is 11.4. The molecule has 0 aliphatic rings. The summed E-state index contributed by atoms with van der Waals surface area (Å²) >= 11 is 0. The van der Waals surface area contributed by atoms with Crippen molar-refractivity contribution in [2.24, 2.45) is 0 Å². The van der Waals surface area contributed by atoms with Crippen LogP contribution >= 0.6 is 0 Å². The Morgan fingerprint density at radius 1 is 0.276 bits per heavy atom. The van der Waals surface area contributed by atoms with E-state index >= 15 is 0 Å². The highest BCUT2D eigenvalue weighted by molar-refractivity contribution is 6.09. The fourth-order valence-corrected chi connectivity index (χ4v) is 8.88. The summed E-state index contributed by atoms with van der Waals surface area (Å²) in [6, 6.07) is 64.4. The van der Waals surface area contributed by atoms with Crippen molar-refractivity contribution in [1.29, 1.82) is 0 Å². The molecule has 0 unspecified atom stereocenters. The number of hydrogen-bond acceptors (Lipinski definition) is 4. The van der Waals surface area contributed by atoms with Gasteiger partial charge in [-0.3, -0.25) is 15.0 Å². The van der Waals surface area contributed by atoms with Crippen LogP contribution in [0.3, 0.4) is 0 Å². The summed E-state index contributed by atoms with van der Waals surface area (Å²) in [4.78, 5) is 16.6. The lowest BCUT2D eigenvalue weighted by Gasteiger charge is -2.26. The van der Waals surface area contributed by atoms with Crippen LogP contribution in [0.1, 0.15) is 0 Å². The first-order valence-corrected chi connectivity index (χ1v) is 19.4. The normalized spacial score (nSPS) is 11.8. The van der Waals surface area contributed by atoms with Gasteiger partial charge in [0, 0.05) is 68.9 Å². The number of hydrogen-bond donors (Lipinski definition) is 0. The van der Waals surface area contributed by atoms with Crippen LogP contribution in [-0.2, 0) is 0 Å². The molecule has 0 saturated heterocycles. The van der Waals surface area contributed by atoms with Crippen LogP contribution < -0.4 is 4.90 Å². The van der Waals surface area contributed by atoms with Gasteiger partial charge < -0.3 is 18.6 Å². The first-order valence-electron chi connectivity index (χ1n) is 19.4. The van der Waals surface area contributed by atoms with Crippen molar-refractivity contribution < 1.29 is 0 Å². The Morgan fingerprint density at radius 3 is 0.862 bits per heavy atom. The van der Waals surface area contributed by atoms with Crippen LogP contribution in [0.5, 0.6) is 0 Å². The van der Waals surface area contributed by atoms with Gasteiger partial charge in [0.1, 0.15) is 0 Å². The molecular weight excluding hydrogens is 711 g/mol. The topological polar surface area (TPSA) is 56.7 Å². The average Bonchev–Trinajstić information content (AvgIpc) is 3.93. The van der Waals surface area contributed by atoms with Gasteiger partial charge in [0.15, 0.2) is 0 Å². The molecule has 6 aromatic carbocycles. The monoisotopic (exact) mass is 743 g/mol. The molecule has 0 N–H and O–H groups in total. The highest BCUT2D eigenvalue weighted by Gasteiger charge is 2.19. The summed E-state index contributed by atoms with van der Waals surface area (Å²) in [7, 11) is 0. The molecule has 12 aromatic rings. The van der Waals surface area contributed by atoms with Gasteiger partial charge in [0.2, 0.25) is 0 Å². The van der Waals surface area contributed by atoms with Gasteiger partial charge in [0.25, 0.3) is 0 Å². The first-order chi connectivity index (χ1) is 28.8. The summed E-state index contributed by atoms with van der Waals surface area (Å²) < 4.78 is 6.91. The molecule has 272 valence electrons. The number of rotatable bonds is 6. The zero-order valence-corrected chi connectivity index (χ0v) is 31.2. The molecule has 12 rings (SSSR count). The summed E-state index contributed by atoms with van der Waals surface area (Å²) in [5.74, 6) is 0. The minimum atomic E-state index is 1.00. The second-order valence-corrected chi connectivity index (χ2v) is 14.6. The number of pyridine rings is 3. The van der Waals surface area contributed by atoms with E-state index in [0.29, 0.717) is 0 Å². The van der Waals surface area contributed by atoms with E-state index in [-0.39, 0.29) is 0 Å². The number of aromatic nitrogens is 6. The molecule has 58 heavy (non-hydrogen) atoms. The van der Waals surface area contributed by atoms with Crippen molar-refractivity contribution in [3.8, 4) is 17.1 Å². The minimum Gasteiger partial charge on any atom is -0.310 e. The molecule has 0 fully saturated rings. The number of para-hydroxylation sites is 3. The maximum absolute atomic E-state index is 4.76. The Morgan fingerprint density at radius 2 is 0.552 bits per heavy atom. The predicted molar refractivity (Wildman–Crippen MR) is 238 cm³/mol. The Hall–Kier alpha value is -8.03. The van der Waals surface area contributed by atoms with E-state index in [4.69, 9.17) is 15.0 Å². The highest BCUT2D eigenvalue weighted by Crippen LogP contribution is 2.39. The molecule has 6 aromatic heterocycles. The molecule has 0 aliphatic heterocycles. The van der Waals surface area contributed by atoms with Crippen LogP contribution in [0, 0.1) is 0 Å². The van der Waals surface area contributed by atoms with Crippen molar-refractivity contribution in [2.45, 2.75) is 0 Å². The third-order valence-corrected chi connectivity index (χ3v) is 11.4. The lowest BCUT2D eigenvalue weighted by molar-refractivity contribution is 1.16. The maximum atomic E-state index is 4.76. The van der Waals surface area contributed by atoms with Gasteiger partial charge in [-0.1, -0.05) is 54.6 Å². The zero-order chi connectivity index (χ0) is 38.2. The molecule has 7 nitrogen and oxygen atoms in total. The molecular formula is C51H33N7. The largest absolute Gasteiger partial charge is 0.310 e. The molecule has 0 spiro atoms. The number of nitrogens with zero attached hydrogens (tertiary/aromatic N) is 7. The molecule has 6 heterocycles. The summed E-state index contributed by atoms with van der Waals surface area (Å²) in [5, 5.41) is 3.42. The molecule has 7 heteroatoms. The van der Waals surface area contributed by atoms with Crippen molar-refractivity contribution in [2.75, 3.05) is 4.90 Å². The lowest BCUT2D eigenvalue weighted by Crippen LogP contribution is -2.10. The van der Waals surface area contributed by atoms with E-state index in [9.17, 15) is 0 Å². The number of benzene rings is 6. The molecule has 0 amide bonds. The molecule has 0 radical (unpaired) electrons. The molecule has 0 saturated carbocycles. The van der Waals surface area contributed by atoms with Gasteiger partial charge in [-0.25, -0.2) is 0 Å². The standard InChI is InChI=1S/C51H33N7/c1-4-13-43-40(10-1)49-46(16-7-31-52-49)56(43)37-25-19-34(20-26-37)55(35-21-27-38(28-22-35)57-44-14-5-2-11-41(44)50-47(57)17-8-32-53-50)36-23-29-39(30-24-36)58-45-15-6-3-12-42(45)51-48(58)18-9-33-54-51/h1-33H. The Labute approximate surface area is 332 Å². The summed E-state index contributed by atoms with van der Waals surface area (Å²) in [6.45, 7) is 0. The zero-order valence-electron chi connectivity index (χ0n) is 31.2. The van der Waals surface area contributed by atoms with E-state index in [2.05, 4.69) is 182 Å². The van der Waals surface area contributed by atoms with Gasteiger partial charge >= 0.3 is 0 Å². The SMILES string of the molecule is c1ccc2c(c1)c1ncccc1n2-c1ccc(N(c2ccc(-n3c4ccccc4c4ncccc43)cc2)c2ccc(-n3c4ccccc4c4ncccc43)cc2)cc1. The van der Waals surface area contributed by atoms with Crippen molar-refractivity contribution in [3.63, 3.8) is 0 Å². The van der Waals surface area contributed by atoms with Gasteiger partial charge in [0.05, 0.1) is 49.7 Å². The molecule has 0 bridgehead atoms. The second-order valence-electron chi connectivity index (χ2n) is 14.6. The fourth-order valence-electron chi connectivity index (χ4n) is 8.88. The first kappa shape index (κ1) is 32.2. The van der Waals surface area contributed by atoms with E-state index in [1.165, 1.54) is 0 Å². The Kier molecular flexibility index (Phi) is 7.09. The van der Waals surface area contributed by atoms with E-state index in [1.807, 2.05) is 36.8 Å². The number of anilines is 3. The van der Waals surface area contributed by atoms with E-state index in [0.717, 1.165) is 99.9 Å². The quantitative estimate of drug-likeness (QED) is 0.170. The van der Waals surface area contributed by atoms with Crippen molar-refractivity contribution >= 4 is 82.9 Å². The van der Waals surface area contributed by atoms with Crippen LogP contribution in [-0.4, -0.2) is 28.7 Å². The van der Waals surface area contributed by atoms with Crippen LogP contribution in [0.15, 0.2) is 201 Å². The number of fused-ring (bicyclic) bond motifs is 9. The van der Waals surface area contributed by atoms with Gasteiger partial charge in [-0.2, -0.15) is 0 Å². The Balaban J connectivity index is 0.996. The Bertz CT molecular complexity index is 2970. The molecule has 0 atom stereocenters. The van der Waals surface area contributed by atoms with Crippen LogP contribution in [0.2, 0.25) is 0 Å². The lowest BCUT2D eigenvalue weighted by atomic mass is 10.1. The second kappa shape index (κ2) is 12.8. The summed E-state index contributed by atoms with van der Waals surface area (Å²) in [5.41, 5.74) is 16.0. The van der Waals surface area contributed by atoms with Crippen molar-refractivity contribution in [1.82, 2.24) is 28.7 Å². The third kappa shape index (κ3) is 4.83. The van der Waals surface area contributed by atoms with Crippen LogP contribution in [0.25, 0.3) is 82.9 Å². The summed E-state index contributed by atoms with van der Waals surface area (Å²) in [6.07, 6.45) is 5.60. The van der Waals surface area contributed by atoms with E-state index in [1.54, 1.807) is 0 Å². The smallest absolute Gasteiger partial charge is 0.0963 e. The average molecular weight is 744 g/mol. The van der Waals surface area contributed by atoms with Gasteiger partial charge in [-0.05, 0) is 127 Å². The van der Waals surface area contributed by atoms with Crippen molar-refractivity contribution in [3.05, 3.63) is 201 Å². The minimum absolute atomic E-state index is 1.00. The van der Waals surface area contributed by atoms with Crippen LogP contribution in [0.4, 0.5) is 17.1 Å². The fraction of sp³-hybridized carbons (Fsp3) is 0. The van der Waals surface area contributed by atoms with Gasteiger partial charge in [-0.15, -0.1) is 0 Å². The predicted octanol–water partition coefficient (Wildman–Crippen LogP) is 12.6.